The van der Waals surface area contributed by atoms with Gasteiger partial charge in [-0.05, 0) is 49.9 Å². The monoisotopic (exact) mass is 412 g/mol. The molecule has 0 amide bonds. The van der Waals surface area contributed by atoms with Crippen molar-refractivity contribution in [3.8, 4) is 5.75 Å². The Hall–Kier alpha value is -2.63. The van der Waals surface area contributed by atoms with E-state index in [4.69, 9.17) is 18.9 Å². The lowest BCUT2D eigenvalue weighted by Crippen LogP contribution is -2.16. The summed E-state index contributed by atoms with van der Waals surface area (Å²) in [5, 5.41) is 0. The Kier molecular flexibility index (Phi) is 10.7. The first-order chi connectivity index (χ1) is 14.6. The molecule has 0 saturated heterocycles. The maximum atomic E-state index is 11.8. The summed E-state index contributed by atoms with van der Waals surface area (Å²) in [6.45, 7) is 5.58. The van der Waals surface area contributed by atoms with Gasteiger partial charge in [-0.15, -0.1) is 0 Å². The summed E-state index contributed by atoms with van der Waals surface area (Å²) in [6, 6.07) is 17.9. The van der Waals surface area contributed by atoms with Crippen LogP contribution in [0.2, 0.25) is 0 Å². The van der Waals surface area contributed by atoms with E-state index in [9.17, 15) is 4.79 Å². The maximum Gasteiger partial charge on any atom is 0.333 e. The summed E-state index contributed by atoms with van der Waals surface area (Å²) >= 11 is 0. The van der Waals surface area contributed by atoms with E-state index < -0.39 is 0 Å². The summed E-state index contributed by atoms with van der Waals surface area (Å²) in [6.07, 6.45) is 3.17. The van der Waals surface area contributed by atoms with Crippen LogP contribution in [0.3, 0.4) is 0 Å². The molecule has 5 heteroatoms. The Morgan fingerprint density at radius 3 is 2.37 bits per heavy atom. The molecule has 0 N–H and O–H groups in total. The second kappa shape index (κ2) is 13.6. The first-order valence-corrected chi connectivity index (χ1v) is 10.3. The molecule has 30 heavy (non-hydrogen) atoms. The van der Waals surface area contributed by atoms with Gasteiger partial charge < -0.3 is 18.9 Å². The highest BCUT2D eigenvalue weighted by Gasteiger charge is 2.11. The summed E-state index contributed by atoms with van der Waals surface area (Å²) in [7, 11) is 1.65. The third-order valence-corrected chi connectivity index (χ3v) is 4.62. The van der Waals surface area contributed by atoms with Gasteiger partial charge in [0, 0.05) is 12.2 Å². The molecule has 1 atom stereocenters. The third-order valence-electron chi connectivity index (χ3n) is 4.62. The molecule has 0 bridgehead atoms. The van der Waals surface area contributed by atoms with Crippen molar-refractivity contribution in [3.63, 3.8) is 0 Å². The Labute approximate surface area is 179 Å². The minimum absolute atomic E-state index is 0.0627. The number of benzene rings is 2. The lowest BCUT2D eigenvalue weighted by Gasteiger charge is -2.17. The zero-order valence-electron chi connectivity index (χ0n) is 18.1. The fourth-order valence-corrected chi connectivity index (χ4v) is 2.82. The van der Waals surface area contributed by atoms with E-state index in [0.717, 1.165) is 23.3 Å². The van der Waals surface area contributed by atoms with Crippen LogP contribution in [0, 0.1) is 0 Å². The van der Waals surface area contributed by atoms with E-state index in [1.807, 2.05) is 60.7 Å². The maximum absolute atomic E-state index is 11.8. The lowest BCUT2D eigenvalue weighted by atomic mass is 10.1. The smallest absolute Gasteiger partial charge is 0.333 e. The quantitative estimate of drug-likeness (QED) is 0.261. The molecule has 2 rings (SSSR count). The second-order valence-electron chi connectivity index (χ2n) is 6.95. The molecule has 0 radical (unpaired) electrons. The summed E-state index contributed by atoms with van der Waals surface area (Å²) in [5.41, 5.74) is 2.81. The minimum atomic E-state index is -0.285. The van der Waals surface area contributed by atoms with Crippen molar-refractivity contribution in [2.24, 2.45) is 0 Å². The van der Waals surface area contributed by atoms with Crippen molar-refractivity contribution in [1.29, 1.82) is 0 Å². The van der Waals surface area contributed by atoms with E-state index in [2.05, 4.69) is 0 Å². The van der Waals surface area contributed by atoms with Gasteiger partial charge in [0.15, 0.2) is 0 Å². The van der Waals surface area contributed by atoms with Gasteiger partial charge in [0.05, 0.1) is 33.0 Å². The highest BCUT2D eigenvalue weighted by molar-refractivity contribution is 5.87. The molecule has 0 heterocycles. The molecule has 0 saturated carbocycles. The average molecular weight is 413 g/mol. The molecule has 0 aromatic heterocycles. The van der Waals surface area contributed by atoms with Crippen molar-refractivity contribution in [3.05, 3.63) is 77.4 Å². The topological polar surface area (TPSA) is 54.0 Å². The predicted octanol–water partition coefficient (Wildman–Crippen LogP) is 5.09. The van der Waals surface area contributed by atoms with Gasteiger partial charge >= 0.3 is 5.97 Å². The van der Waals surface area contributed by atoms with E-state index in [0.29, 0.717) is 38.4 Å². The van der Waals surface area contributed by atoms with Gasteiger partial charge in [0.25, 0.3) is 0 Å². The van der Waals surface area contributed by atoms with Gasteiger partial charge in [-0.1, -0.05) is 48.5 Å². The van der Waals surface area contributed by atoms with Gasteiger partial charge in [-0.25, -0.2) is 4.79 Å². The van der Waals surface area contributed by atoms with Crippen LogP contribution in [0.15, 0.2) is 66.2 Å². The van der Waals surface area contributed by atoms with E-state index >= 15 is 0 Å². The molecule has 5 nitrogen and oxygen atoms in total. The molecule has 0 aliphatic carbocycles. The molecule has 0 aliphatic rings. The van der Waals surface area contributed by atoms with Crippen LogP contribution in [0.4, 0.5) is 0 Å². The van der Waals surface area contributed by atoms with Crippen molar-refractivity contribution >= 4 is 5.97 Å². The summed E-state index contributed by atoms with van der Waals surface area (Å²) in [5.74, 6) is 0.532. The van der Waals surface area contributed by atoms with Gasteiger partial charge in [-0.2, -0.15) is 0 Å². The van der Waals surface area contributed by atoms with Crippen LogP contribution in [0.25, 0.3) is 0 Å². The number of hydrogen-bond acceptors (Lipinski definition) is 5. The van der Waals surface area contributed by atoms with Gasteiger partial charge in [-0.3, -0.25) is 0 Å². The average Bonchev–Trinajstić information content (AvgIpc) is 2.78. The van der Waals surface area contributed by atoms with Crippen molar-refractivity contribution < 1.29 is 23.7 Å². The van der Waals surface area contributed by atoms with Crippen LogP contribution in [0.1, 0.15) is 37.8 Å². The molecule has 0 unspecified atom stereocenters. The molecule has 0 fully saturated rings. The SMILES string of the molecule is CCOC(=O)/C(C)=C/C[C@H](CCOCc1ccccc1)OCc1ccc(OC)cc1. The normalized spacial score (nSPS) is 12.4. The third kappa shape index (κ3) is 8.80. The summed E-state index contributed by atoms with van der Waals surface area (Å²) in [4.78, 5) is 11.8. The van der Waals surface area contributed by atoms with Crippen molar-refractivity contribution in [1.82, 2.24) is 0 Å². The highest BCUT2D eigenvalue weighted by Crippen LogP contribution is 2.16. The highest BCUT2D eigenvalue weighted by atomic mass is 16.5. The van der Waals surface area contributed by atoms with Crippen LogP contribution in [-0.4, -0.2) is 32.4 Å². The molecule has 0 aliphatic heterocycles. The molecular formula is C25H32O5. The van der Waals surface area contributed by atoms with Crippen molar-refractivity contribution in [2.75, 3.05) is 20.3 Å². The van der Waals surface area contributed by atoms with E-state index in [1.165, 1.54) is 0 Å². The number of carbonyl (C=O) groups is 1. The Morgan fingerprint density at radius 2 is 1.70 bits per heavy atom. The first kappa shape index (κ1) is 23.6. The number of carbonyl (C=O) groups excluding carboxylic acids is 1. The minimum Gasteiger partial charge on any atom is -0.497 e. The molecule has 162 valence electrons. The number of esters is 1. The van der Waals surface area contributed by atoms with Crippen LogP contribution in [-0.2, 0) is 32.2 Å². The summed E-state index contributed by atoms with van der Waals surface area (Å²) < 4.78 is 22.2. The molecular weight excluding hydrogens is 380 g/mol. The Morgan fingerprint density at radius 1 is 1.00 bits per heavy atom. The number of ether oxygens (including phenoxy) is 4. The van der Waals surface area contributed by atoms with Crippen LogP contribution in [0.5, 0.6) is 5.75 Å². The Bertz CT molecular complexity index is 768. The second-order valence-corrected chi connectivity index (χ2v) is 6.95. The lowest BCUT2D eigenvalue weighted by molar-refractivity contribution is -0.138. The largest absolute Gasteiger partial charge is 0.497 e. The zero-order valence-corrected chi connectivity index (χ0v) is 18.1. The zero-order chi connectivity index (χ0) is 21.6. The van der Waals surface area contributed by atoms with Crippen molar-refractivity contribution in [2.45, 2.75) is 46.0 Å². The van der Waals surface area contributed by atoms with Gasteiger partial charge in [0.2, 0.25) is 0 Å². The van der Waals surface area contributed by atoms with Crippen LogP contribution >= 0.6 is 0 Å². The molecule has 0 spiro atoms. The first-order valence-electron chi connectivity index (χ1n) is 10.3. The fraction of sp³-hybridized carbons (Fsp3) is 0.400. The van der Waals surface area contributed by atoms with Crippen LogP contribution < -0.4 is 4.74 Å². The number of methoxy groups -OCH3 is 1. The van der Waals surface area contributed by atoms with E-state index in [-0.39, 0.29) is 12.1 Å². The molecule has 2 aromatic carbocycles. The number of hydrogen-bond donors (Lipinski definition) is 0. The standard InChI is InChI=1S/C25H32O5/c1-4-29-25(26)20(2)10-13-24(16-17-28-18-21-8-6-5-7-9-21)30-19-22-11-14-23(27-3)15-12-22/h5-12,14-15,24H,4,13,16-19H2,1-3H3/b20-10+/t24-/m1/s1. The van der Waals surface area contributed by atoms with E-state index in [1.54, 1.807) is 21.0 Å². The number of rotatable bonds is 13. The predicted molar refractivity (Wildman–Crippen MR) is 117 cm³/mol. The Balaban J connectivity index is 1.88. The van der Waals surface area contributed by atoms with Gasteiger partial charge in [0.1, 0.15) is 5.75 Å². The molecule has 2 aromatic rings. The fourth-order valence-electron chi connectivity index (χ4n) is 2.82.